The Kier molecular flexibility index (Phi) is 1.41. The van der Waals surface area contributed by atoms with Crippen molar-refractivity contribution in [3.63, 3.8) is 0 Å². The second-order valence-corrected chi connectivity index (χ2v) is 2.11. The number of hydrogen-bond acceptors (Lipinski definition) is 2. The van der Waals surface area contributed by atoms with Crippen LogP contribution in [0.15, 0.2) is 30.6 Å². The first-order chi connectivity index (χ1) is 5.47. The van der Waals surface area contributed by atoms with Gasteiger partial charge in [0.25, 0.3) is 0 Å². The topological polar surface area (TPSA) is 41.6 Å². The first-order valence-electron chi connectivity index (χ1n) is 3.30. The number of rotatable bonds is 1. The van der Waals surface area contributed by atoms with E-state index >= 15 is 0 Å². The van der Waals surface area contributed by atoms with Crippen LogP contribution in [0.5, 0.6) is 0 Å². The van der Waals surface area contributed by atoms with E-state index < -0.39 is 0 Å². The lowest BCUT2D eigenvalue weighted by Crippen LogP contribution is -1.79. The average molecular weight is 144 g/mol. The van der Waals surface area contributed by atoms with E-state index in [1.54, 1.807) is 12.4 Å². The summed E-state index contributed by atoms with van der Waals surface area (Å²) in [6.45, 7) is 0. The van der Waals surface area contributed by atoms with Gasteiger partial charge in [0.1, 0.15) is 5.69 Å². The van der Waals surface area contributed by atoms with Crippen molar-refractivity contribution in [1.29, 1.82) is 0 Å². The van der Waals surface area contributed by atoms with Crippen LogP contribution in [-0.2, 0) is 0 Å². The lowest BCUT2D eigenvalue weighted by Gasteiger charge is -1.90. The van der Waals surface area contributed by atoms with E-state index in [0.717, 1.165) is 11.4 Å². The maximum Gasteiger partial charge on any atom is 0.174 e. The summed E-state index contributed by atoms with van der Waals surface area (Å²) in [7, 11) is 0. The second kappa shape index (κ2) is 2.54. The SMILES string of the molecule is [c]1nc(-c2ccccn2)c[nH]1. The molecule has 0 amide bonds. The van der Waals surface area contributed by atoms with Crippen LogP contribution >= 0.6 is 0 Å². The first-order valence-corrected chi connectivity index (χ1v) is 3.30. The van der Waals surface area contributed by atoms with Gasteiger partial charge >= 0.3 is 0 Å². The molecule has 3 nitrogen and oxygen atoms in total. The third-order valence-corrected chi connectivity index (χ3v) is 1.38. The molecule has 0 atom stereocenters. The molecule has 0 aliphatic heterocycles. The van der Waals surface area contributed by atoms with E-state index in [0.29, 0.717) is 0 Å². The van der Waals surface area contributed by atoms with Crippen molar-refractivity contribution in [2.45, 2.75) is 0 Å². The molecule has 3 heteroatoms. The third kappa shape index (κ3) is 1.12. The molecule has 11 heavy (non-hydrogen) atoms. The highest BCUT2D eigenvalue weighted by Gasteiger charge is 1.97. The predicted molar refractivity (Wildman–Crippen MR) is 40.7 cm³/mol. The molecule has 0 aromatic carbocycles. The number of nitrogens with zero attached hydrogens (tertiary/aromatic N) is 2. The van der Waals surface area contributed by atoms with Crippen LogP contribution in [0.1, 0.15) is 0 Å². The van der Waals surface area contributed by atoms with Crippen molar-refractivity contribution in [3.05, 3.63) is 36.9 Å². The molecule has 2 heterocycles. The zero-order valence-corrected chi connectivity index (χ0v) is 5.78. The van der Waals surface area contributed by atoms with Crippen molar-refractivity contribution in [3.8, 4) is 11.4 Å². The molecule has 2 rings (SSSR count). The van der Waals surface area contributed by atoms with Gasteiger partial charge in [-0.1, -0.05) is 6.07 Å². The monoisotopic (exact) mass is 144 g/mol. The summed E-state index contributed by atoms with van der Waals surface area (Å²) in [4.78, 5) is 10.8. The summed E-state index contributed by atoms with van der Waals surface area (Å²) in [5, 5.41) is 0. The van der Waals surface area contributed by atoms with Gasteiger partial charge in [0.15, 0.2) is 6.33 Å². The molecule has 0 bridgehead atoms. The van der Waals surface area contributed by atoms with Gasteiger partial charge in [-0.05, 0) is 12.1 Å². The number of imidazole rings is 1. The fraction of sp³-hybridized carbons (Fsp3) is 0. The highest BCUT2D eigenvalue weighted by atomic mass is 14.9. The Balaban J connectivity index is 2.46. The number of aromatic nitrogens is 3. The molecule has 0 aliphatic carbocycles. The van der Waals surface area contributed by atoms with Crippen molar-refractivity contribution in [1.82, 2.24) is 15.0 Å². The van der Waals surface area contributed by atoms with E-state index in [1.165, 1.54) is 0 Å². The molecule has 0 spiro atoms. The summed E-state index contributed by atoms with van der Waals surface area (Å²) >= 11 is 0. The van der Waals surface area contributed by atoms with Gasteiger partial charge in [-0.15, -0.1) is 0 Å². The highest BCUT2D eigenvalue weighted by Crippen LogP contribution is 2.09. The number of hydrogen-bond donors (Lipinski definition) is 1. The number of H-pyrrole nitrogens is 1. The van der Waals surface area contributed by atoms with Gasteiger partial charge in [0.2, 0.25) is 0 Å². The largest absolute Gasteiger partial charge is 0.341 e. The molecule has 1 N–H and O–H groups in total. The van der Waals surface area contributed by atoms with Crippen molar-refractivity contribution in [2.75, 3.05) is 0 Å². The minimum absolute atomic E-state index is 0.825. The van der Waals surface area contributed by atoms with Crippen molar-refractivity contribution >= 4 is 0 Å². The molecule has 0 saturated carbocycles. The quantitative estimate of drug-likeness (QED) is 0.654. The van der Waals surface area contributed by atoms with E-state index in [4.69, 9.17) is 0 Å². The zero-order valence-electron chi connectivity index (χ0n) is 5.78. The number of pyridine rings is 1. The maximum atomic E-state index is 4.12. The van der Waals surface area contributed by atoms with Crippen LogP contribution in [0, 0.1) is 6.33 Å². The van der Waals surface area contributed by atoms with E-state index in [-0.39, 0.29) is 0 Å². The van der Waals surface area contributed by atoms with Gasteiger partial charge in [-0.2, -0.15) is 0 Å². The van der Waals surface area contributed by atoms with E-state index in [1.807, 2.05) is 18.2 Å². The van der Waals surface area contributed by atoms with Gasteiger partial charge in [-0.3, -0.25) is 4.98 Å². The Morgan fingerprint density at radius 1 is 1.27 bits per heavy atom. The Morgan fingerprint density at radius 3 is 2.91 bits per heavy atom. The molecule has 0 saturated heterocycles. The maximum absolute atomic E-state index is 4.12. The lowest BCUT2D eigenvalue weighted by atomic mass is 10.3. The van der Waals surface area contributed by atoms with Crippen molar-refractivity contribution < 1.29 is 0 Å². The molecule has 1 radical (unpaired) electrons. The first kappa shape index (κ1) is 6.09. The fourth-order valence-corrected chi connectivity index (χ4v) is 0.871. The molecule has 0 fully saturated rings. The Bertz CT molecular complexity index is 312. The summed E-state index contributed by atoms with van der Waals surface area (Å²) in [6.07, 6.45) is 6.12. The predicted octanol–water partition coefficient (Wildman–Crippen LogP) is 1.27. The van der Waals surface area contributed by atoms with Gasteiger partial charge in [0.05, 0.1) is 5.69 Å². The minimum atomic E-state index is 0.825. The summed E-state index contributed by atoms with van der Waals surface area (Å²) < 4.78 is 0. The Morgan fingerprint density at radius 2 is 2.27 bits per heavy atom. The lowest BCUT2D eigenvalue weighted by molar-refractivity contribution is 1.26. The highest BCUT2D eigenvalue weighted by molar-refractivity contribution is 5.51. The average Bonchev–Trinajstić information content (AvgIpc) is 2.58. The van der Waals surface area contributed by atoms with Crippen LogP contribution in [0.3, 0.4) is 0 Å². The molecule has 53 valence electrons. The van der Waals surface area contributed by atoms with Crippen LogP contribution in [0.2, 0.25) is 0 Å². The van der Waals surface area contributed by atoms with Gasteiger partial charge in [-0.25, -0.2) is 4.98 Å². The molecular weight excluding hydrogens is 138 g/mol. The summed E-state index contributed by atoms with van der Waals surface area (Å²) in [5.74, 6) is 0. The summed E-state index contributed by atoms with van der Waals surface area (Å²) in [6, 6.07) is 5.71. The van der Waals surface area contributed by atoms with Crippen molar-refractivity contribution in [2.24, 2.45) is 0 Å². The Hall–Kier alpha value is -1.64. The third-order valence-electron chi connectivity index (χ3n) is 1.38. The molecule has 2 aromatic heterocycles. The molecular formula is C8H6N3. The van der Waals surface area contributed by atoms with Crippen LogP contribution in [-0.4, -0.2) is 15.0 Å². The zero-order chi connectivity index (χ0) is 7.52. The van der Waals surface area contributed by atoms with Crippen LogP contribution < -0.4 is 0 Å². The fourth-order valence-electron chi connectivity index (χ4n) is 0.871. The second-order valence-electron chi connectivity index (χ2n) is 2.11. The van der Waals surface area contributed by atoms with E-state index in [9.17, 15) is 0 Å². The number of nitrogens with one attached hydrogen (secondary N) is 1. The van der Waals surface area contributed by atoms with Gasteiger partial charge in [0, 0.05) is 12.4 Å². The van der Waals surface area contributed by atoms with Crippen LogP contribution in [0.25, 0.3) is 11.4 Å². The molecule has 0 unspecified atom stereocenters. The molecule has 2 aromatic rings. The minimum Gasteiger partial charge on any atom is -0.341 e. The smallest absolute Gasteiger partial charge is 0.174 e. The Labute approximate surface area is 64.1 Å². The normalized spacial score (nSPS) is 9.82. The van der Waals surface area contributed by atoms with E-state index in [2.05, 4.69) is 21.3 Å². The standard InChI is InChI=1S/C8H6N3/c1-2-4-10-7(3-1)8-5-9-6-11-8/h1-5H,(H,9,11). The van der Waals surface area contributed by atoms with Crippen LogP contribution in [0.4, 0.5) is 0 Å². The molecule has 0 aliphatic rings. The van der Waals surface area contributed by atoms with Gasteiger partial charge < -0.3 is 4.98 Å². The summed E-state index contributed by atoms with van der Waals surface area (Å²) in [5.41, 5.74) is 1.69. The number of aromatic amines is 1.